The molecule has 0 saturated carbocycles. The van der Waals surface area contributed by atoms with E-state index in [1.165, 1.54) is 11.1 Å². The van der Waals surface area contributed by atoms with Gasteiger partial charge in [-0.25, -0.2) is 9.59 Å². The highest BCUT2D eigenvalue weighted by Crippen LogP contribution is 2.24. The molecule has 0 amide bonds. The number of carbonyl (C=O) groups is 1. The molecule has 0 aliphatic heterocycles. The molecule has 0 aliphatic rings. The number of ether oxygens (including phenoxy) is 1. The fourth-order valence-electron chi connectivity index (χ4n) is 5.31. The van der Waals surface area contributed by atoms with Crippen LogP contribution < -0.4 is 10.5 Å². The van der Waals surface area contributed by atoms with Gasteiger partial charge < -0.3 is 9.84 Å². The van der Waals surface area contributed by atoms with Gasteiger partial charge in [0, 0.05) is 11.1 Å². The average Bonchev–Trinajstić information content (AvgIpc) is 3.51. The van der Waals surface area contributed by atoms with Crippen LogP contribution in [0.3, 0.4) is 0 Å². The summed E-state index contributed by atoms with van der Waals surface area (Å²) in [5, 5.41) is 13.1. The predicted octanol–water partition coefficient (Wildman–Crippen LogP) is 8.02. The third kappa shape index (κ3) is 9.66. The Labute approximate surface area is 263 Å². The first-order valence-electron chi connectivity index (χ1n) is 15.4. The van der Waals surface area contributed by atoms with E-state index in [-0.39, 0.29) is 11.5 Å². The monoisotopic (exact) mass is 602 g/mol. The molecule has 0 aliphatic carbocycles. The molecule has 1 unspecified atom stereocenters. The van der Waals surface area contributed by atoms with E-state index in [2.05, 4.69) is 63.2 Å². The lowest BCUT2D eigenvalue weighted by molar-refractivity contribution is 0.0697. The zero-order valence-electron chi connectivity index (χ0n) is 25.2. The third-order valence-corrected chi connectivity index (χ3v) is 7.85. The van der Waals surface area contributed by atoms with Crippen LogP contribution in [-0.4, -0.2) is 27.8 Å². The summed E-state index contributed by atoms with van der Waals surface area (Å²) in [6.07, 6.45) is 11.3. The molecule has 2 N–H and O–H groups in total. The third-order valence-electron chi connectivity index (χ3n) is 7.85. The first kappa shape index (κ1) is 31.3. The molecular formula is C38H38N2O5. The number of aromatic carboxylic acids is 1. The maximum Gasteiger partial charge on any atom is 0.439 e. The number of H-pyrrole nitrogens is 1. The summed E-state index contributed by atoms with van der Waals surface area (Å²) in [5.41, 5.74) is 5.74. The first-order chi connectivity index (χ1) is 22.0. The van der Waals surface area contributed by atoms with E-state index in [0.29, 0.717) is 12.4 Å². The van der Waals surface area contributed by atoms with E-state index < -0.39 is 11.7 Å². The average molecular weight is 603 g/mol. The number of unbranched alkanes of at least 4 members (excludes halogenated alkanes) is 2. The Balaban J connectivity index is 1.21. The lowest BCUT2D eigenvalue weighted by Crippen LogP contribution is -2.05. The van der Waals surface area contributed by atoms with Gasteiger partial charge in [0.05, 0.1) is 12.2 Å². The topological polar surface area (TPSA) is 105 Å². The molecule has 45 heavy (non-hydrogen) atoms. The summed E-state index contributed by atoms with van der Waals surface area (Å²) in [6.45, 7) is 0.678. The molecule has 0 bridgehead atoms. The summed E-state index contributed by atoms with van der Waals surface area (Å²) >= 11 is 0. The number of hydrogen-bond donors (Lipinski definition) is 2. The van der Waals surface area contributed by atoms with Crippen molar-refractivity contribution in [2.24, 2.45) is 5.92 Å². The molecule has 5 rings (SSSR count). The summed E-state index contributed by atoms with van der Waals surface area (Å²) in [7, 11) is 0. The van der Waals surface area contributed by atoms with Crippen molar-refractivity contribution in [3.8, 4) is 17.1 Å². The number of benzene rings is 4. The van der Waals surface area contributed by atoms with Gasteiger partial charge in [0.15, 0.2) is 5.82 Å². The minimum absolute atomic E-state index is 0.207. The lowest BCUT2D eigenvalue weighted by Gasteiger charge is -2.15. The number of carboxylic acids is 1. The normalized spacial score (nSPS) is 11.9. The summed E-state index contributed by atoms with van der Waals surface area (Å²) < 4.78 is 10.8. The van der Waals surface area contributed by atoms with Crippen LogP contribution in [0.4, 0.5) is 0 Å². The molecule has 0 saturated heterocycles. The Morgan fingerprint density at radius 1 is 0.822 bits per heavy atom. The van der Waals surface area contributed by atoms with Crippen LogP contribution in [0, 0.1) is 5.92 Å². The zero-order valence-corrected chi connectivity index (χ0v) is 25.2. The molecule has 0 spiro atoms. The summed E-state index contributed by atoms with van der Waals surface area (Å²) in [6, 6.07) is 33.7. The number of allylic oxidation sites excluding steroid dienone is 1. The van der Waals surface area contributed by atoms with Crippen LogP contribution in [0.5, 0.6) is 5.75 Å². The fourth-order valence-corrected chi connectivity index (χ4v) is 5.31. The van der Waals surface area contributed by atoms with Crippen molar-refractivity contribution in [1.82, 2.24) is 10.1 Å². The second kappa shape index (κ2) is 16.1. The molecule has 0 fully saturated rings. The molecule has 5 aromatic rings. The van der Waals surface area contributed by atoms with Gasteiger partial charge in [-0.05, 0) is 85.8 Å². The maximum atomic E-state index is 11.3. The van der Waals surface area contributed by atoms with Gasteiger partial charge in [-0.3, -0.25) is 9.51 Å². The van der Waals surface area contributed by atoms with Crippen LogP contribution in [-0.2, 0) is 19.3 Å². The van der Waals surface area contributed by atoms with E-state index in [4.69, 9.17) is 4.74 Å². The van der Waals surface area contributed by atoms with Gasteiger partial charge in [-0.15, -0.1) is 0 Å². The standard InChI is InChI=1S/C38H38N2O5/c41-37(42)34-24-19-31(20-25-34)27-30(15-14-29-16-22-33(23-17-29)36-39-38(43)45-40-36)18-21-32-12-6-7-13-35(32)44-26-8-2-5-11-28-9-3-1-4-10-28/h1,3-4,6-7,9-10,12-13,16-25,30H,2,5,8,11,14-15,26-27H2,(H,41,42)(H,39,40,43). The number of carboxylic acid groups (broad SMARTS) is 1. The second-order valence-corrected chi connectivity index (χ2v) is 11.2. The molecule has 1 heterocycles. The SMILES string of the molecule is O=C(O)c1ccc(CC(C=Cc2ccccc2OCCCCCc2ccccc2)CCc2ccc(-c3noc(=O)[nH]3)cc2)cc1. The van der Waals surface area contributed by atoms with Gasteiger partial charge in [-0.2, -0.15) is 0 Å². The highest BCUT2D eigenvalue weighted by atomic mass is 16.5. The van der Waals surface area contributed by atoms with E-state index in [1.54, 1.807) is 12.1 Å². The van der Waals surface area contributed by atoms with Crippen molar-refractivity contribution >= 4 is 12.0 Å². The number of aryl methyl sites for hydroxylation is 2. The van der Waals surface area contributed by atoms with Crippen molar-refractivity contribution < 1.29 is 19.2 Å². The Morgan fingerprint density at radius 3 is 2.27 bits per heavy atom. The number of rotatable bonds is 16. The van der Waals surface area contributed by atoms with Crippen molar-refractivity contribution in [2.45, 2.75) is 44.9 Å². The predicted molar refractivity (Wildman–Crippen MR) is 176 cm³/mol. The molecule has 4 aromatic carbocycles. The van der Waals surface area contributed by atoms with Gasteiger partial charge in [0.1, 0.15) is 5.75 Å². The largest absolute Gasteiger partial charge is 0.493 e. The summed E-state index contributed by atoms with van der Waals surface area (Å²) in [5.74, 6) is -0.0128. The van der Waals surface area contributed by atoms with Gasteiger partial charge >= 0.3 is 11.7 Å². The minimum atomic E-state index is -0.927. The Kier molecular flexibility index (Phi) is 11.2. The van der Waals surface area contributed by atoms with Crippen LogP contribution >= 0.6 is 0 Å². The van der Waals surface area contributed by atoms with Gasteiger partial charge in [0.25, 0.3) is 0 Å². The van der Waals surface area contributed by atoms with E-state index >= 15 is 0 Å². The lowest BCUT2D eigenvalue weighted by atomic mass is 9.91. The van der Waals surface area contributed by atoms with Crippen LogP contribution in [0.1, 0.15) is 58.3 Å². The zero-order chi connectivity index (χ0) is 31.3. The van der Waals surface area contributed by atoms with E-state index in [1.807, 2.05) is 54.6 Å². The van der Waals surface area contributed by atoms with Crippen LogP contribution in [0.2, 0.25) is 0 Å². The molecule has 1 atom stereocenters. The van der Waals surface area contributed by atoms with Crippen molar-refractivity contribution in [2.75, 3.05) is 6.61 Å². The maximum absolute atomic E-state index is 11.3. The van der Waals surface area contributed by atoms with Crippen LogP contribution in [0.25, 0.3) is 17.5 Å². The number of aromatic nitrogens is 2. The molecule has 230 valence electrons. The smallest absolute Gasteiger partial charge is 0.439 e. The highest BCUT2D eigenvalue weighted by Gasteiger charge is 2.11. The first-order valence-corrected chi connectivity index (χ1v) is 15.4. The Morgan fingerprint density at radius 2 is 1.53 bits per heavy atom. The number of aromatic amines is 1. The van der Waals surface area contributed by atoms with Crippen molar-refractivity contribution in [3.05, 3.63) is 148 Å². The van der Waals surface area contributed by atoms with Crippen molar-refractivity contribution in [3.63, 3.8) is 0 Å². The molecule has 7 nitrogen and oxygen atoms in total. The Hall–Kier alpha value is -5.17. The summed E-state index contributed by atoms with van der Waals surface area (Å²) in [4.78, 5) is 25.2. The quantitative estimate of drug-likeness (QED) is 0.111. The number of nitrogens with zero attached hydrogens (tertiary/aromatic N) is 1. The number of hydrogen-bond acceptors (Lipinski definition) is 5. The van der Waals surface area contributed by atoms with Gasteiger partial charge in [-0.1, -0.05) is 102 Å². The fraction of sp³-hybridized carbons (Fsp3) is 0.237. The molecular weight excluding hydrogens is 564 g/mol. The molecule has 0 radical (unpaired) electrons. The molecule has 1 aromatic heterocycles. The van der Waals surface area contributed by atoms with Crippen molar-refractivity contribution in [1.29, 1.82) is 0 Å². The number of para-hydroxylation sites is 1. The minimum Gasteiger partial charge on any atom is -0.493 e. The highest BCUT2D eigenvalue weighted by molar-refractivity contribution is 5.87. The number of nitrogens with one attached hydrogen (secondary N) is 1. The second-order valence-electron chi connectivity index (χ2n) is 11.2. The van der Waals surface area contributed by atoms with Crippen LogP contribution in [0.15, 0.2) is 119 Å². The Bertz CT molecular complexity index is 1720. The molecule has 7 heteroatoms. The van der Waals surface area contributed by atoms with E-state index in [9.17, 15) is 14.7 Å². The van der Waals surface area contributed by atoms with E-state index in [0.717, 1.165) is 67.4 Å². The van der Waals surface area contributed by atoms with Gasteiger partial charge in [0.2, 0.25) is 0 Å².